The lowest BCUT2D eigenvalue weighted by molar-refractivity contribution is 0.0600. The molecule has 2 bridgehead atoms. The Morgan fingerprint density at radius 1 is 1.38 bits per heavy atom. The molecule has 1 fully saturated rings. The summed E-state index contributed by atoms with van der Waals surface area (Å²) in [5.41, 5.74) is 3.07. The molecule has 0 saturated heterocycles. The Balaban J connectivity index is 2.03. The molecule has 0 amide bonds. The number of esters is 1. The van der Waals surface area contributed by atoms with Crippen molar-refractivity contribution in [3.63, 3.8) is 0 Å². The maximum absolute atomic E-state index is 11.4. The number of methoxy groups -OCH3 is 1. The summed E-state index contributed by atoms with van der Waals surface area (Å²) in [5.74, 6) is 0.428. The Kier molecular flexibility index (Phi) is 2.04. The molecule has 0 heterocycles. The van der Waals surface area contributed by atoms with Crippen molar-refractivity contribution in [2.45, 2.75) is 30.8 Å². The summed E-state index contributed by atoms with van der Waals surface area (Å²) < 4.78 is 4.71. The van der Waals surface area contributed by atoms with Gasteiger partial charge in [-0.15, -0.1) is 0 Å². The molecule has 84 valence electrons. The summed E-state index contributed by atoms with van der Waals surface area (Å²) >= 11 is 0. The van der Waals surface area contributed by atoms with Crippen LogP contribution in [0.15, 0.2) is 18.2 Å². The van der Waals surface area contributed by atoms with Crippen LogP contribution in [0, 0.1) is 0 Å². The normalized spacial score (nSPS) is 30.2. The summed E-state index contributed by atoms with van der Waals surface area (Å²) in [7, 11) is 1.39. The van der Waals surface area contributed by atoms with E-state index in [1.54, 1.807) is 6.07 Å². The Bertz CT molecular complexity index is 452. The van der Waals surface area contributed by atoms with E-state index in [1.165, 1.54) is 18.2 Å². The van der Waals surface area contributed by atoms with Gasteiger partial charge in [-0.05, 0) is 42.0 Å². The van der Waals surface area contributed by atoms with Crippen molar-refractivity contribution in [1.82, 2.24) is 0 Å². The molecule has 16 heavy (non-hydrogen) atoms. The molecule has 3 unspecified atom stereocenters. The van der Waals surface area contributed by atoms with Crippen molar-refractivity contribution in [2.75, 3.05) is 7.11 Å². The number of aliphatic hydroxyl groups is 1. The topological polar surface area (TPSA) is 46.5 Å². The molecule has 3 atom stereocenters. The maximum atomic E-state index is 11.4. The minimum atomic E-state index is -0.286. The van der Waals surface area contributed by atoms with Crippen LogP contribution in [0.2, 0.25) is 0 Å². The van der Waals surface area contributed by atoms with Crippen LogP contribution in [0.25, 0.3) is 0 Å². The van der Waals surface area contributed by atoms with E-state index >= 15 is 0 Å². The van der Waals surface area contributed by atoms with E-state index in [4.69, 9.17) is 4.74 Å². The van der Waals surface area contributed by atoms with Gasteiger partial charge in [0, 0.05) is 5.92 Å². The highest BCUT2D eigenvalue weighted by atomic mass is 16.5. The zero-order chi connectivity index (χ0) is 11.3. The molecular weight excluding hydrogens is 204 g/mol. The van der Waals surface area contributed by atoms with Gasteiger partial charge in [0.05, 0.1) is 18.8 Å². The van der Waals surface area contributed by atoms with E-state index in [9.17, 15) is 9.90 Å². The van der Waals surface area contributed by atoms with Crippen LogP contribution in [0.1, 0.15) is 46.2 Å². The summed E-state index contributed by atoms with van der Waals surface area (Å²) in [5, 5.41) is 9.80. The van der Waals surface area contributed by atoms with Gasteiger partial charge in [0.15, 0.2) is 0 Å². The van der Waals surface area contributed by atoms with Gasteiger partial charge in [-0.2, -0.15) is 0 Å². The number of benzene rings is 1. The fourth-order valence-electron chi connectivity index (χ4n) is 3.11. The number of carbonyl (C=O) groups is 1. The fraction of sp³-hybridized carbons (Fsp3) is 0.462. The molecule has 3 rings (SSSR count). The largest absolute Gasteiger partial charge is 0.465 e. The van der Waals surface area contributed by atoms with Crippen molar-refractivity contribution in [3.8, 4) is 0 Å². The van der Waals surface area contributed by atoms with Gasteiger partial charge < -0.3 is 9.84 Å². The average Bonchev–Trinajstić information content (AvgIpc) is 2.85. The van der Waals surface area contributed by atoms with E-state index in [2.05, 4.69) is 0 Å². The van der Waals surface area contributed by atoms with E-state index < -0.39 is 0 Å². The molecule has 3 heteroatoms. The number of aliphatic hydroxyl groups excluding tert-OH is 1. The van der Waals surface area contributed by atoms with Gasteiger partial charge in [0.2, 0.25) is 0 Å². The predicted octanol–water partition coefficient (Wildman–Crippen LogP) is 1.81. The third-order valence-corrected chi connectivity index (χ3v) is 3.88. The maximum Gasteiger partial charge on any atom is 0.337 e. The quantitative estimate of drug-likeness (QED) is 0.731. The van der Waals surface area contributed by atoms with Crippen molar-refractivity contribution >= 4 is 5.97 Å². The SMILES string of the molecule is COC(=O)c1ccc2c(c1)C1CC(O)C2C1. The Morgan fingerprint density at radius 2 is 2.19 bits per heavy atom. The van der Waals surface area contributed by atoms with Crippen LogP contribution < -0.4 is 0 Å². The molecule has 2 aliphatic carbocycles. The standard InChI is InChI=1S/C13H14O3/c1-16-13(15)7-2-3-9-10(4-7)8-5-11(9)12(14)6-8/h2-4,8,11-12,14H,5-6H2,1H3. The second kappa shape index (κ2) is 3.32. The fourth-order valence-corrected chi connectivity index (χ4v) is 3.11. The van der Waals surface area contributed by atoms with Crippen LogP contribution in [-0.4, -0.2) is 24.3 Å². The third kappa shape index (κ3) is 1.21. The van der Waals surface area contributed by atoms with E-state index in [0.29, 0.717) is 11.5 Å². The molecule has 1 N–H and O–H groups in total. The molecule has 1 saturated carbocycles. The highest BCUT2D eigenvalue weighted by molar-refractivity contribution is 5.89. The van der Waals surface area contributed by atoms with Crippen molar-refractivity contribution in [3.05, 3.63) is 34.9 Å². The zero-order valence-corrected chi connectivity index (χ0v) is 9.14. The van der Waals surface area contributed by atoms with E-state index in [-0.39, 0.29) is 18.0 Å². The number of hydrogen-bond donors (Lipinski definition) is 1. The van der Waals surface area contributed by atoms with Crippen molar-refractivity contribution in [2.24, 2.45) is 0 Å². The van der Waals surface area contributed by atoms with Gasteiger partial charge in [-0.1, -0.05) is 6.07 Å². The van der Waals surface area contributed by atoms with Gasteiger partial charge in [0.1, 0.15) is 0 Å². The lowest BCUT2D eigenvalue weighted by Gasteiger charge is -2.20. The second-order valence-electron chi connectivity index (χ2n) is 4.68. The van der Waals surface area contributed by atoms with Crippen LogP contribution in [0.5, 0.6) is 0 Å². The van der Waals surface area contributed by atoms with E-state index in [1.807, 2.05) is 12.1 Å². The third-order valence-electron chi connectivity index (χ3n) is 3.88. The van der Waals surface area contributed by atoms with Gasteiger partial charge in [-0.25, -0.2) is 4.79 Å². The van der Waals surface area contributed by atoms with Crippen LogP contribution in [-0.2, 0) is 4.74 Å². The van der Waals surface area contributed by atoms with Gasteiger partial charge in [0.25, 0.3) is 0 Å². The number of ether oxygens (including phenoxy) is 1. The first-order chi connectivity index (χ1) is 7.70. The highest BCUT2D eigenvalue weighted by Gasteiger charge is 2.43. The number of carbonyl (C=O) groups excluding carboxylic acids is 1. The van der Waals surface area contributed by atoms with Crippen molar-refractivity contribution < 1.29 is 14.6 Å². The first-order valence-electron chi connectivity index (χ1n) is 5.61. The molecule has 0 radical (unpaired) electrons. The molecule has 0 aromatic heterocycles. The Hall–Kier alpha value is -1.35. The van der Waals surface area contributed by atoms with Gasteiger partial charge in [-0.3, -0.25) is 0 Å². The van der Waals surface area contributed by atoms with Gasteiger partial charge >= 0.3 is 5.97 Å². The molecular formula is C13H14O3. The molecule has 0 aliphatic heterocycles. The molecule has 2 aliphatic rings. The number of rotatable bonds is 1. The summed E-state index contributed by atoms with van der Waals surface area (Å²) in [6.07, 6.45) is 1.67. The predicted molar refractivity (Wildman–Crippen MR) is 58.5 cm³/mol. The van der Waals surface area contributed by atoms with Crippen molar-refractivity contribution in [1.29, 1.82) is 0 Å². The highest BCUT2D eigenvalue weighted by Crippen LogP contribution is 2.53. The minimum absolute atomic E-state index is 0.193. The van der Waals surface area contributed by atoms with E-state index in [0.717, 1.165) is 12.8 Å². The summed E-state index contributed by atoms with van der Waals surface area (Å²) in [6.45, 7) is 0. The lowest BCUT2D eigenvalue weighted by atomic mass is 9.89. The minimum Gasteiger partial charge on any atom is -0.465 e. The molecule has 1 aromatic rings. The van der Waals surface area contributed by atoms with Crippen LogP contribution in [0.3, 0.4) is 0 Å². The molecule has 3 nitrogen and oxygen atoms in total. The Morgan fingerprint density at radius 3 is 2.94 bits per heavy atom. The number of fused-ring (bicyclic) bond motifs is 5. The molecule has 0 spiro atoms. The monoisotopic (exact) mass is 218 g/mol. The molecule has 1 aromatic carbocycles. The first-order valence-corrected chi connectivity index (χ1v) is 5.61. The van der Waals surface area contributed by atoms with Crippen LogP contribution >= 0.6 is 0 Å². The second-order valence-corrected chi connectivity index (χ2v) is 4.68. The number of hydrogen-bond acceptors (Lipinski definition) is 3. The summed E-state index contributed by atoms with van der Waals surface area (Å²) in [4.78, 5) is 11.4. The Labute approximate surface area is 94.0 Å². The first kappa shape index (κ1) is 9.85. The lowest BCUT2D eigenvalue weighted by Crippen LogP contribution is -2.15. The van der Waals surface area contributed by atoms with Crippen LogP contribution in [0.4, 0.5) is 0 Å². The summed E-state index contributed by atoms with van der Waals surface area (Å²) in [6, 6.07) is 5.68. The zero-order valence-electron chi connectivity index (χ0n) is 9.14. The average molecular weight is 218 g/mol. The smallest absolute Gasteiger partial charge is 0.337 e.